The predicted octanol–water partition coefficient (Wildman–Crippen LogP) is 0.670. The van der Waals surface area contributed by atoms with E-state index in [2.05, 4.69) is 9.97 Å². The van der Waals surface area contributed by atoms with Crippen LogP contribution >= 0.6 is 11.8 Å². The van der Waals surface area contributed by atoms with Crippen LogP contribution in [0.4, 0.5) is 0 Å². The number of carbonyl (C=O) groups is 1. The summed E-state index contributed by atoms with van der Waals surface area (Å²) in [6.45, 7) is 0. The van der Waals surface area contributed by atoms with Gasteiger partial charge in [0.25, 0.3) is 0 Å². The zero-order chi connectivity index (χ0) is 11.3. The van der Waals surface area contributed by atoms with Crippen LogP contribution in [0.1, 0.15) is 0 Å². The Morgan fingerprint density at radius 3 is 2.33 bits per heavy atom. The van der Waals surface area contributed by atoms with Gasteiger partial charge in [-0.1, -0.05) is 11.8 Å². The van der Waals surface area contributed by atoms with Crippen LogP contribution < -0.4 is 9.47 Å². The molecular weight excluding hydrogens is 220 g/mol. The van der Waals surface area contributed by atoms with Gasteiger partial charge in [0.15, 0.2) is 5.16 Å². The molecule has 0 aliphatic heterocycles. The molecule has 6 nitrogen and oxygen atoms in total. The second-order valence-electron chi connectivity index (χ2n) is 2.42. The first-order chi connectivity index (χ1) is 7.15. The Morgan fingerprint density at radius 2 is 1.93 bits per heavy atom. The maximum absolute atomic E-state index is 10.3. The van der Waals surface area contributed by atoms with E-state index in [-0.39, 0.29) is 5.75 Å². The van der Waals surface area contributed by atoms with Gasteiger partial charge in [0, 0.05) is 0 Å². The summed E-state index contributed by atoms with van der Waals surface area (Å²) in [5.41, 5.74) is 0. The topological polar surface area (TPSA) is 81.5 Å². The lowest BCUT2D eigenvalue weighted by Crippen LogP contribution is -2.01. The Hall–Kier alpha value is -1.50. The molecule has 0 saturated heterocycles. The molecule has 0 radical (unpaired) electrons. The molecule has 82 valence electrons. The third-order valence-electron chi connectivity index (χ3n) is 1.40. The standard InChI is InChI=1S/C8H10N2O4S/c1-13-5-3-6(14-2)10-8(9-5)15-4-7(11)12/h3H,4H2,1-2H3,(H,11,12). The summed E-state index contributed by atoms with van der Waals surface area (Å²) in [6, 6.07) is 1.52. The number of nitrogens with zero attached hydrogens (tertiary/aromatic N) is 2. The van der Waals surface area contributed by atoms with Crippen LogP contribution in [0.5, 0.6) is 11.8 Å². The van der Waals surface area contributed by atoms with Gasteiger partial charge in [0.2, 0.25) is 11.8 Å². The largest absolute Gasteiger partial charge is 0.481 e. The lowest BCUT2D eigenvalue weighted by molar-refractivity contribution is -0.133. The van der Waals surface area contributed by atoms with Crippen LogP contribution in [-0.2, 0) is 4.79 Å². The van der Waals surface area contributed by atoms with Crippen LogP contribution in [0.25, 0.3) is 0 Å². The number of methoxy groups -OCH3 is 2. The summed E-state index contributed by atoms with van der Waals surface area (Å²) in [7, 11) is 2.93. The van der Waals surface area contributed by atoms with Crippen molar-refractivity contribution in [2.24, 2.45) is 0 Å². The van der Waals surface area contributed by atoms with Crippen molar-refractivity contribution in [3.05, 3.63) is 6.07 Å². The first-order valence-electron chi connectivity index (χ1n) is 3.97. The first kappa shape index (κ1) is 11.6. The van der Waals surface area contributed by atoms with Gasteiger partial charge in [0.1, 0.15) is 0 Å². The van der Waals surface area contributed by atoms with Gasteiger partial charge in [-0.2, -0.15) is 9.97 Å². The Labute approximate surface area is 90.6 Å². The van der Waals surface area contributed by atoms with Crippen molar-refractivity contribution in [3.63, 3.8) is 0 Å². The van der Waals surface area contributed by atoms with Crippen LogP contribution in [0, 0.1) is 0 Å². The first-order valence-corrected chi connectivity index (χ1v) is 4.96. The second-order valence-corrected chi connectivity index (χ2v) is 3.36. The summed E-state index contributed by atoms with van der Waals surface area (Å²) < 4.78 is 9.82. The van der Waals surface area contributed by atoms with E-state index in [9.17, 15) is 4.79 Å². The highest BCUT2D eigenvalue weighted by atomic mass is 32.2. The average Bonchev–Trinajstić information content (AvgIpc) is 2.25. The Kier molecular flexibility index (Phi) is 4.17. The zero-order valence-electron chi connectivity index (χ0n) is 8.26. The summed E-state index contributed by atoms with van der Waals surface area (Å²) in [6.07, 6.45) is 0. The summed E-state index contributed by atoms with van der Waals surface area (Å²) in [4.78, 5) is 18.3. The molecule has 0 saturated carbocycles. The van der Waals surface area contributed by atoms with Crippen molar-refractivity contribution in [2.45, 2.75) is 5.16 Å². The molecule has 0 amide bonds. The van der Waals surface area contributed by atoms with Crippen molar-refractivity contribution in [3.8, 4) is 11.8 Å². The Balaban J connectivity index is 2.81. The fourth-order valence-corrected chi connectivity index (χ4v) is 1.35. The van der Waals surface area contributed by atoms with Gasteiger partial charge in [-0.15, -0.1) is 0 Å². The van der Waals surface area contributed by atoms with E-state index >= 15 is 0 Å². The lowest BCUT2D eigenvalue weighted by atomic mass is 10.6. The van der Waals surface area contributed by atoms with Gasteiger partial charge >= 0.3 is 5.97 Å². The van der Waals surface area contributed by atoms with E-state index in [1.807, 2.05) is 0 Å². The van der Waals surface area contributed by atoms with Crippen LogP contribution in [0.2, 0.25) is 0 Å². The molecule has 0 aliphatic carbocycles. The highest BCUT2D eigenvalue weighted by Gasteiger charge is 2.07. The minimum absolute atomic E-state index is 0.101. The van der Waals surface area contributed by atoms with Gasteiger partial charge < -0.3 is 14.6 Å². The number of aromatic nitrogens is 2. The van der Waals surface area contributed by atoms with Gasteiger partial charge in [-0.3, -0.25) is 4.79 Å². The highest BCUT2D eigenvalue weighted by molar-refractivity contribution is 7.99. The van der Waals surface area contributed by atoms with Crippen LogP contribution in [0.3, 0.4) is 0 Å². The molecule has 0 atom stereocenters. The number of carboxylic acid groups (broad SMARTS) is 1. The number of hydrogen-bond acceptors (Lipinski definition) is 6. The van der Waals surface area contributed by atoms with Gasteiger partial charge in [0.05, 0.1) is 26.0 Å². The average molecular weight is 230 g/mol. The molecule has 15 heavy (non-hydrogen) atoms. The number of ether oxygens (including phenoxy) is 2. The molecular formula is C8H10N2O4S. The molecule has 1 aromatic rings. The quantitative estimate of drug-likeness (QED) is 0.588. The summed E-state index contributed by atoms with van der Waals surface area (Å²) >= 11 is 1.01. The van der Waals surface area contributed by atoms with E-state index in [4.69, 9.17) is 14.6 Å². The molecule has 7 heteroatoms. The van der Waals surface area contributed by atoms with Crippen molar-refractivity contribution in [1.29, 1.82) is 0 Å². The predicted molar refractivity (Wildman–Crippen MR) is 53.5 cm³/mol. The van der Waals surface area contributed by atoms with Gasteiger partial charge in [-0.25, -0.2) is 0 Å². The molecule has 0 unspecified atom stereocenters. The minimum atomic E-state index is -0.926. The normalized spacial score (nSPS) is 9.73. The van der Waals surface area contributed by atoms with E-state index in [1.165, 1.54) is 20.3 Å². The number of hydrogen-bond donors (Lipinski definition) is 1. The fraction of sp³-hybridized carbons (Fsp3) is 0.375. The maximum Gasteiger partial charge on any atom is 0.313 e. The number of carboxylic acids is 1. The number of aliphatic carboxylic acids is 1. The summed E-state index contributed by atoms with van der Waals surface area (Å²) in [5.74, 6) is -0.342. The monoisotopic (exact) mass is 230 g/mol. The molecule has 0 aliphatic rings. The molecule has 1 heterocycles. The van der Waals surface area contributed by atoms with Crippen molar-refractivity contribution in [1.82, 2.24) is 9.97 Å². The minimum Gasteiger partial charge on any atom is -0.481 e. The Morgan fingerprint density at radius 1 is 1.40 bits per heavy atom. The summed E-state index contributed by atoms with van der Waals surface area (Å²) in [5, 5.41) is 8.80. The molecule has 1 aromatic heterocycles. The molecule has 0 aromatic carbocycles. The van der Waals surface area contributed by atoms with E-state index in [0.717, 1.165) is 11.8 Å². The van der Waals surface area contributed by atoms with Crippen molar-refractivity contribution >= 4 is 17.7 Å². The SMILES string of the molecule is COc1cc(OC)nc(SCC(=O)O)n1. The van der Waals surface area contributed by atoms with Crippen LogP contribution in [-0.4, -0.2) is 41.0 Å². The Bertz CT molecular complexity index is 336. The molecule has 0 spiro atoms. The second kappa shape index (κ2) is 5.40. The molecule has 0 fully saturated rings. The fourth-order valence-electron chi connectivity index (χ4n) is 0.784. The van der Waals surface area contributed by atoms with Crippen molar-refractivity contribution in [2.75, 3.05) is 20.0 Å². The number of rotatable bonds is 5. The van der Waals surface area contributed by atoms with Crippen LogP contribution in [0.15, 0.2) is 11.2 Å². The molecule has 1 N–H and O–H groups in total. The van der Waals surface area contributed by atoms with Gasteiger partial charge in [-0.05, 0) is 0 Å². The smallest absolute Gasteiger partial charge is 0.313 e. The third-order valence-corrected chi connectivity index (χ3v) is 2.23. The van der Waals surface area contributed by atoms with Crippen molar-refractivity contribution < 1.29 is 19.4 Å². The van der Waals surface area contributed by atoms with E-state index in [1.54, 1.807) is 0 Å². The zero-order valence-corrected chi connectivity index (χ0v) is 9.08. The maximum atomic E-state index is 10.3. The molecule has 1 rings (SSSR count). The van der Waals surface area contributed by atoms with E-state index < -0.39 is 5.97 Å². The highest BCUT2D eigenvalue weighted by Crippen LogP contribution is 2.21. The lowest BCUT2D eigenvalue weighted by Gasteiger charge is -2.04. The van der Waals surface area contributed by atoms with E-state index in [0.29, 0.717) is 16.9 Å². The number of thioether (sulfide) groups is 1. The third kappa shape index (κ3) is 3.62. The molecule has 0 bridgehead atoms.